The average Bonchev–Trinajstić information content (AvgIpc) is 3.24. The second kappa shape index (κ2) is 7.43. The van der Waals surface area contributed by atoms with Crippen molar-refractivity contribution in [3.05, 3.63) is 51.1 Å². The predicted molar refractivity (Wildman–Crippen MR) is 109 cm³/mol. The van der Waals surface area contributed by atoms with Gasteiger partial charge < -0.3 is 5.32 Å². The highest BCUT2D eigenvalue weighted by Gasteiger charge is 2.31. The Hall–Kier alpha value is -2.43. The van der Waals surface area contributed by atoms with Crippen molar-refractivity contribution < 1.29 is 13.2 Å². The quantitative estimate of drug-likeness (QED) is 0.641. The maximum absolute atomic E-state index is 12.7. The number of rotatable bonds is 4. The normalized spacial score (nSPS) is 18.2. The smallest absolute Gasteiger partial charge is 0.264 e. The van der Waals surface area contributed by atoms with Gasteiger partial charge in [0.05, 0.1) is 39.5 Å². The van der Waals surface area contributed by atoms with Crippen LogP contribution in [0.15, 0.2) is 35.5 Å². The molecule has 0 bridgehead atoms. The lowest BCUT2D eigenvalue weighted by Gasteiger charge is -2.11. The highest BCUT2D eigenvalue weighted by molar-refractivity contribution is 7.91. The van der Waals surface area contributed by atoms with Gasteiger partial charge >= 0.3 is 0 Å². The highest BCUT2D eigenvalue weighted by atomic mass is 35.5. The van der Waals surface area contributed by atoms with E-state index in [2.05, 4.69) is 15.4 Å². The second-order valence-corrected chi connectivity index (χ2v) is 9.75. The molecule has 4 rings (SSSR count). The third-order valence-corrected chi connectivity index (χ3v) is 7.06. The monoisotopic (exact) mass is 455 g/mol. The molecule has 1 unspecified atom stereocenters. The summed E-state index contributed by atoms with van der Waals surface area (Å²) in [4.78, 5) is 29.3. The lowest BCUT2D eigenvalue weighted by Crippen LogP contribution is -2.28. The summed E-state index contributed by atoms with van der Waals surface area (Å²) in [5.41, 5.74) is 0.101. The summed E-state index contributed by atoms with van der Waals surface area (Å²) in [7, 11) is -3.11. The van der Waals surface area contributed by atoms with Gasteiger partial charge in [0, 0.05) is 0 Å². The van der Waals surface area contributed by atoms with Gasteiger partial charge in [-0.15, -0.1) is 0 Å². The molecular weight excluding hydrogens is 441 g/mol. The summed E-state index contributed by atoms with van der Waals surface area (Å²) in [6.07, 6.45) is 3.00. The number of aromatic nitrogens is 4. The summed E-state index contributed by atoms with van der Waals surface area (Å²) >= 11 is 12.1. The van der Waals surface area contributed by atoms with E-state index < -0.39 is 21.3 Å². The van der Waals surface area contributed by atoms with Crippen LogP contribution in [0.3, 0.4) is 0 Å². The van der Waals surface area contributed by atoms with Gasteiger partial charge in [0.15, 0.2) is 15.5 Å². The number of anilines is 1. The van der Waals surface area contributed by atoms with Crippen LogP contribution in [0.25, 0.3) is 11.0 Å². The first kappa shape index (κ1) is 19.9. The van der Waals surface area contributed by atoms with Gasteiger partial charge in [-0.05, 0) is 18.6 Å². The molecule has 1 amide bonds. The van der Waals surface area contributed by atoms with Gasteiger partial charge in [-0.25, -0.2) is 18.1 Å². The number of nitrogens with one attached hydrogen (secondary N) is 1. The van der Waals surface area contributed by atoms with Gasteiger partial charge in [0.2, 0.25) is 5.91 Å². The van der Waals surface area contributed by atoms with E-state index in [0.717, 1.165) is 4.57 Å². The molecule has 1 aliphatic rings. The number of carbonyl (C=O) groups excluding carboxylic acids is 1. The van der Waals surface area contributed by atoms with E-state index in [1.54, 1.807) is 18.2 Å². The first-order chi connectivity index (χ1) is 13.7. The van der Waals surface area contributed by atoms with Gasteiger partial charge in [-0.1, -0.05) is 29.3 Å². The van der Waals surface area contributed by atoms with Crippen LogP contribution < -0.4 is 10.9 Å². The molecule has 152 valence electrons. The van der Waals surface area contributed by atoms with Crippen molar-refractivity contribution in [2.24, 2.45) is 0 Å². The molecule has 1 saturated heterocycles. The molecule has 29 heavy (non-hydrogen) atoms. The third-order valence-electron chi connectivity index (χ3n) is 4.68. The Morgan fingerprint density at radius 3 is 2.66 bits per heavy atom. The van der Waals surface area contributed by atoms with Crippen molar-refractivity contribution >= 4 is 55.7 Å². The summed E-state index contributed by atoms with van der Waals surface area (Å²) in [6, 6.07) is 4.46. The number of halogens is 2. The first-order valence-electron chi connectivity index (χ1n) is 8.62. The molecule has 2 aromatic heterocycles. The minimum atomic E-state index is -3.11. The summed E-state index contributed by atoms with van der Waals surface area (Å²) in [5, 5.41) is 7.50. The molecule has 0 radical (unpaired) electrons. The number of benzene rings is 1. The molecule has 3 aromatic rings. The van der Waals surface area contributed by atoms with Crippen molar-refractivity contribution in [2.45, 2.75) is 19.0 Å². The Bertz CT molecular complexity index is 1260. The zero-order valence-electron chi connectivity index (χ0n) is 14.9. The van der Waals surface area contributed by atoms with Gasteiger partial charge in [0.1, 0.15) is 18.3 Å². The topological polar surface area (TPSA) is 116 Å². The molecule has 1 aliphatic heterocycles. The summed E-state index contributed by atoms with van der Waals surface area (Å²) < 4.78 is 26.0. The molecule has 1 aromatic carbocycles. The highest BCUT2D eigenvalue weighted by Crippen LogP contribution is 2.29. The van der Waals surface area contributed by atoms with E-state index in [9.17, 15) is 18.0 Å². The van der Waals surface area contributed by atoms with Crippen LogP contribution in [0.4, 0.5) is 5.69 Å². The maximum atomic E-state index is 12.7. The van der Waals surface area contributed by atoms with E-state index in [4.69, 9.17) is 23.2 Å². The second-order valence-electron chi connectivity index (χ2n) is 6.71. The standard InChI is InChI=1S/C17H15Cl2N5O4S/c18-12-2-1-3-13(19)15(12)22-14(25)7-23-9-20-16-11(17(23)26)6-21-24(16)10-4-5-29(27,28)8-10/h1-3,6,9-10H,4-5,7-8H2,(H,22,25). The molecule has 9 nitrogen and oxygen atoms in total. The molecule has 0 spiro atoms. The van der Waals surface area contributed by atoms with Gasteiger partial charge in [0.25, 0.3) is 5.56 Å². The first-order valence-corrected chi connectivity index (χ1v) is 11.2. The Morgan fingerprint density at radius 2 is 2.00 bits per heavy atom. The van der Waals surface area contributed by atoms with Crippen LogP contribution >= 0.6 is 23.2 Å². The van der Waals surface area contributed by atoms with Crippen LogP contribution in [0.1, 0.15) is 12.5 Å². The van der Waals surface area contributed by atoms with Gasteiger partial charge in [-0.2, -0.15) is 5.10 Å². The molecule has 12 heteroatoms. The lowest BCUT2D eigenvalue weighted by atomic mass is 10.3. The Labute approximate surface area is 175 Å². The number of para-hydroxylation sites is 1. The van der Waals surface area contributed by atoms with Crippen LogP contribution in [0.2, 0.25) is 10.0 Å². The van der Waals surface area contributed by atoms with Crippen LogP contribution in [0, 0.1) is 0 Å². The number of amides is 1. The SMILES string of the molecule is O=C(Cn1cnc2c(cnn2C2CCS(=O)(=O)C2)c1=O)Nc1c(Cl)cccc1Cl. The Morgan fingerprint density at radius 1 is 1.28 bits per heavy atom. The number of carbonyl (C=O) groups is 1. The molecule has 1 N–H and O–H groups in total. The Kier molecular flexibility index (Phi) is 5.09. The average molecular weight is 456 g/mol. The number of nitrogens with zero attached hydrogens (tertiary/aromatic N) is 4. The molecular formula is C17H15Cl2N5O4S. The number of hydrogen-bond donors (Lipinski definition) is 1. The fourth-order valence-electron chi connectivity index (χ4n) is 3.27. The van der Waals surface area contributed by atoms with E-state index in [-0.39, 0.29) is 45.2 Å². The zero-order valence-corrected chi connectivity index (χ0v) is 17.2. The van der Waals surface area contributed by atoms with E-state index in [0.29, 0.717) is 12.1 Å². The van der Waals surface area contributed by atoms with E-state index >= 15 is 0 Å². The van der Waals surface area contributed by atoms with Crippen molar-refractivity contribution in [2.75, 3.05) is 16.8 Å². The molecule has 0 saturated carbocycles. The predicted octanol–water partition coefficient (Wildman–Crippen LogP) is 1.90. The number of hydrogen-bond acceptors (Lipinski definition) is 6. The minimum Gasteiger partial charge on any atom is -0.322 e. The van der Waals surface area contributed by atoms with Crippen LogP contribution in [-0.2, 0) is 21.2 Å². The van der Waals surface area contributed by atoms with Crippen molar-refractivity contribution in [3.8, 4) is 0 Å². The number of fused-ring (bicyclic) bond motifs is 1. The zero-order chi connectivity index (χ0) is 20.8. The van der Waals surface area contributed by atoms with Gasteiger partial charge in [-0.3, -0.25) is 14.2 Å². The van der Waals surface area contributed by atoms with E-state index in [1.165, 1.54) is 17.2 Å². The maximum Gasteiger partial charge on any atom is 0.264 e. The molecule has 3 heterocycles. The minimum absolute atomic E-state index is 0.0322. The summed E-state index contributed by atoms with van der Waals surface area (Å²) in [6.45, 7) is -0.299. The number of sulfone groups is 1. The molecule has 1 atom stereocenters. The lowest BCUT2D eigenvalue weighted by molar-refractivity contribution is -0.116. The molecule has 0 aliphatic carbocycles. The largest absolute Gasteiger partial charge is 0.322 e. The molecule has 1 fully saturated rings. The summed E-state index contributed by atoms with van der Waals surface area (Å²) in [5.74, 6) is -0.450. The van der Waals surface area contributed by atoms with E-state index in [1.807, 2.05) is 0 Å². The van der Waals surface area contributed by atoms with Crippen molar-refractivity contribution in [1.29, 1.82) is 0 Å². The third kappa shape index (κ3) is 3.87. The van der Waals surface area contributed by atoms with Crippen LogP contribution in [0.5, 0.6) is 0 Å². The Balaban J connectivity index is 1.59. The van der Waals surface area contributed by atoms with Crippen molar-refractivity contribution in [3.63, 3.8) is 0 Å². The fraction of sp³-hybridized carbons (Fsp3) is 0.294. The van der Waals surface area contributed by atoms with Crippen molar-refractivity contribution in [1.82, 2.24) is 19.3 Å². The fourth-order valence-corrected chi connectivity index (χ4v) is 5.45. The van der Waals surface area contributed by atoms with Crippen LogP contribution in [-0.4, -0.2) is 45.2 Å².